The predicted octanol–water partition coefficient (Wildman–Crippen LogP) is -0.104. The number of rotatable bonds is 4. The third-order valence-corrected chi connectivity index (χ3v) is 5.66. The van der Waals surface area contributed by atoms with Crippen LogP contribution in [0.25, 0.3) is 0 Å². The average molecular weight is 393 g/mol. The van der Waals surface area contributed by atoms with Gasteiger partial charge in [-0.2, -0.15) is 0 Å². The van der Waals surface area contributed by atoms with Crippen LogP contribution < -0.4 is 5.32 Å². The molecular formula is C20H27NO7. The second-order valence-corrected chi connectivity index (χ2v) is 7.75. The fourth-order valence-corrected chi connectivity index (χ4v) is 4.14. The van der Waals surface area contributed by atoms with Crippen molar-refractivity contribution in [3.05, 3.63) is 35.6 Å². The molecule has 8 nitrogen and oxygen atoms in total. The number of ether oxygens (including phenoxy) is 3. The molecule has 0 radical (unpaired) electrons. The van der Waals surface area contributed by atoms with Gasteiger partial charge in [0.1, 0.15) is 12.3 Å². The molecular weight excluding hydrogens is 366 g/mol. The predicted molar refractivity (Wildman–Crippen MR) is 97.8 cm³/mol. The fraction of sp³-hybridized carbons (Fsp3) is 0.650. The van der Waals surface area contributed by atoms with Crippen LogP contribution in [0.1, 0.15) is 25.7 Å². The van der Waals surface area contributed by atoms with E-state index in [1.54, 1.807) is 0 Å². The lowest BCUT2D eigenvalue weighted by Crippen LogP contribution is -2.44. The molecule has 154 valence electrons. The monoisotopic (exact) mass is 393 g/mol. The van der Waals surface area contributed by atoms with Crippen molar-refractivity contribution in [1.29, 1.82) is 0 Å². The Labute approximate surface area is 163 Å². The first-order valence-electron chi connectivity index (χ1n) is 9.82. The summed E-state index contributed by atoms with van der Waals surface area (Å²) in [5, 5.41) is 31.6. The van der Waals surface area contributed by atoms with Gasteiger partial charge in [0.05, 0.1) is 42.7 Å². The molecule has 0 aromatic heterocycles. The summed E-state index contributed by atoms with van der Waals surface area (Å²) in [7, 11) is 0. The van der Waals surface area contributed by atoms with Crippen molar-refractivity contribution in [2.45, 2.75) is 62.6 Å². The third kappa shape index (κ3) is 4.22. The molecule has 1 saturated heterocycles. The van der Waals surface area contributed by atoms with Crippen LogP contribution in [-0.2, 0) is 19.0 Å². The van der Waals surface area contributed by atoms with E-state index < -0.39 is 24.7 Å². The summed E-state index contributed by atoms with van der Waals surface area (Å²) in [4.78, 5) is 12.9. The zero-order valence-corrected chi connectivity index (χ0v) is 15.6. The quantitative estimate of drug-likeness (QED) is 0.489. The Kier molecular flexibility index (Phi) is 5.96. The van der Waals surface area contributed by atoms with E-state index in [9.17, 15) is 20.1 Å². The van der Waals surface area contributed by atoms with Gasteiger partial charge in [-0.05, 0) is 5.57 Å². The van der Waals surface area contributed by atoms with E-state index in [0.717, 1.165) is 5.57 Å². The second kappa shape index (κ2) is 8.44. The zero-order chi connectivity index (χ0) is 19.7. The molecule has 0 aromatic rings. The maximum atomic E-state index is 12.9. The van der Waals surface area contributed by atoms with E-state index in [-0.39, 0.29) is 30.5 Å². The van der Waals surface area contributed by atoms with Gasteiger partial charge in [-0.3, -0.25) is 10.1 Å². The lowest BCUT2D eigenvalue weighted by molar-refractivity contribution is -0.235. The molecule has 3 aliphatic heterocycles. The molecule has 4 rings (SSSR count). The summed E-state index contributed by atoms with van der Waals surface area (Å²) in [6.07, 6.45) is 6.02. The van der Waals surface area contributed by atoms with Crippen LogP contribution in [0.2, 0.25) is 0 Å². The topological polar surface area (TPSA) is 117 Å². The van der Waals surface area contributed by atoms with Gasteiger partial charge in [0, 0.05) is 32.2 Å². The summed E-state index contributed by atoms with van der Waals surface area (Å²) in [5.74, 6) is -0.351. The molecule has 7 unspecified atom stereocenters. The van der Waals surface area contributed by atoms with Crippen LogP contribution in [0, 0.1) is 5.92 Å². The van der Waals surface area contributed by atoms with E-state index in [1.807, 2.05) is 18.2 Å². The maximum Gasteiger partial charge on any atom is 0.176 e. The summed E-state index contributed by atoms with van der Waals surface area (Å²) in [5.41, 5.74) is 1.40. The summed E-state index contributed by atoms with van der Waals surface area (Å²) < 4.78 is 17.4. The summed E-state index contributed by atoms with van der Waals surface area (Å²) in [6.45, 7) is 0.275. The largest absolute Gasteiger partial charge is 0.496 e. The van der Waals surface area contributed by atoms with Crippen molar-refractivity contribution < 1.29 is 34.3 Å². The van der Waals surface area contributed by atoms with Crippen LogP contribution >= 0.6 is 0 Å². The summed E-state index contributed by atoms with van der Waals surface area (Å²) >= 11 is 0. The van der Waals surface area contributed by atoms with E-state index in [2.05, 4.69) is 5.32 Å². The van der Waals surface area contributed by atoms with Crippen molar-refractivity contribution >= 4 is 5.78 Å². The number of nitrogens with one attached hydrogen (secondary N) is 1. The van der Waals surface area contributed by atoms with Gasteiger partial charge in [0.2, 0.25) is 0 Å². The molecule has 4 aliphatic rings. The minimum atomic E-state index is -0.595. The van der Waals surface area contributed by atoms with Crippen LogP contribution in [0.4, 0.5) is 0 Å². The maximum absolute atomic E-state index is 12.9. The minimum absolute atomic E-state index is 0.0140. The molecule has 0 saturated carbocycles. The molecule has 4 N–H and O–H groups in total. The minimum Gasteiger partial charge on any atom is -0.496 e. The molecule has 28 heavy (non-hydrogen) atoms. The number of aliphatic hydroxyl groups is 3. The standard InChI is InChI=1S/C20H27NO7/c22-9-14-5-12(23)6-19(28-14)27-13-2-3-15-17(7-13)26-10-16(20(15)25)11-1-4-18(24)21-8-11/h1-3,10,12-15,17-19,21-24H,4-9H2. The second-order valence-electron chi connectivity index (χ2n) is 7.75. The molecule has 0 spiro atoms. The van der Waals surface area contributed by atoms with E-state index in [0.29, 0.717) is 37.8 Å². The van der Waals surface area contributed by atoms with E-state index in [1.165, 1.54) is 6.26 Å². The highest BCUT2D eigenvalue weighted by Gasteiger charge is 2.40. The summed E-state index contributed by atoms with van der Waals surface area (Å²) in [6, 6.07) is 0. The Morgan fingerprint density at radius 3 is 2.82 bits per heavy atom. The number of carbonyl (C=O) groups excluding carboxylic acids is 1. The lowest BCUT2D eigenvalue weighted by Gasteiger charge is -2.38. The average Bonchev–Trinajstić information content (AvgIpc) is 2.68. The van der Waals surface area contributed by atoms with Crippen LogP contribution in [0.15, 0.2) is 35.6 Å². The van der Waals surface area contributed by atoms with E-state index in [4.69, 9.17) is 14.2 Å². The van der Waals surface area contributed by atoms with Crippen LogP contribution in [-0.4, -0.2) is 71.2 Å². The van der Waals surface area contributed by atoms with Gasteiger partial charge < -0.3 is 29.5 Å². The third-order valence-electron chi connectivity index (χ3n) is 5.66. The lowest BCUT2D eigenvalue weighted by atomic mass is 9.81. The molecule has 0 aromatic carbocycles. The Bertz CT molecular complexity index is 688. The van der Waals surface area contributed by atoms with Gasteiger partial charge in [-0.25, -0.2) is 0 Å². The first-order chi connectivity index (χ1) is 13.5. The highest BCUT2D eigenvalue weighted by molar-refractivity contribution is 6.03. The van der Waals surface area contributed by atoms with Crippen molar-refractivity contribution in [2.24, 2.45) is 5.92 Å². The van der Waals surface area contributed by atoms with Crippen molar-refractivity contribution in [2.75, 3.05) is 13.2 Å². The molecule has 0 bridgehead atoms. The SMILES string of the molecule is O=C1C(C2=CCC(O)NC2)=COC2CC(OC3CC(O)CC(CO)O3)C=CC12. The van der Waals surface area contributed by atoms with Gasteiger partial charge in [-0.15, -0.1) is 0 Å². The molecule has 8 heteroatoms. The number of Topliss-reactive ketones (excluding diaryl/α,β-unsaturated/α-hetero) is 1. The number of ketones is 1. The Morgan fingerprint density at radius 2 is 2.07 bits per heavy atom. The Morgan fingerprint density at radius 1 is 1.21 bits per heavy atom. The number of hydrogen-bond donors (Lipinski definition) is 4. The van der Waals surface area contributed by atoms with Crippen molar-refractivity contribution in [3.63, 3.8) is 0 Å². The van der Waals surface area contributed by atoms with Crippen molar-refractivity contribution in [3.8, 4) is 0 Å². The number of carbonyl (C=O) groups is 1. The highest BCUT2D eigenvalue weighted by Crippen LogP contribution is 2.34. The van der Waals surface area contributed by atoms with Gasteiger partial charge in [-0.1, -0.05) is 18.2 Å². The first kappa shape index (κ1) is 19.8. The molecule has 7 atom stereocenters. The van der Waals surface area contributed by atoms with Gasteiger partial charge in [0.25, 0.3) is 0 Å². The van der Waals surface area contributed by atoms with Crippen molar-refractivity contribution in [1.82, 2.24) is 5.32 Å². The molecule has 1 fully saturated rings. The van der Waals surface area contributed by atoms with E-state index >= 15 is 0 Å². The van der Waals surface area contributed by atoms with Gasteiger partial charge in [0.15, 0.2) is 12.1 Å². The number of aliphatic hydroxyl groups excluding tert-OH is 3. The molecule has 0 amide bonds. The number of fused-ring (bicyclic) bond motifs is 1. The zero-order valence-electron chi connectivity index (χ0n) is 15.6. The van der Waals surface area contributed by atoms with Crippen LogP contribution in [0.5, 0.6) is 0 Å². The molecule has 3 heterocycles. The Hall–Kier alpha value is -1.55. The Balaban J connectivity index is 1.38. The molecule has 1 aliphatic carbocycles. The van der Waals surface area contributed by atoms with Crippen LogP contribution in [0.3, 0.4) is 0 Å². The normalized spacial score (nSPS) is 41.0. The number of hydrogen-bond acceptors (Lipinski definition) is 8. The highest BCUT2D eigenvalue weighted by atomic mass is 16.7. The first-order valence-corrected chi connectivity index (χ1v) is 9.82. The smallest absolute Gasteiger partial charge is 0.176 e. The fourth-order valence-electron chi connectivity index (χ4n) is 4.14. The van der Waals surface area contributed by atoms with Gasteiger partial charge >= 0.3 is 0 Å².